The van der Waals surface area contributed by atoms with Crippen LogP contribution in [0.15, 0.2) is 30.3 Å². The number of hydrogen-bond acceptors (Lipinski definition) is 3. The summed E-state index contributed by atoms with van der Waals surface area (Å²) in [5.74, 6) is -0.241. The second-order valence-electron chi connectivity index (χ2n) is 5.42. The molecule has 1 amide bonds. The van der Waals surface area contributed by atoms with Gasteiger partial charge in [-0.15, -0.1) is 0 Å². The van der Waals surface area contributed by atoms with Gasteiger partial charge in [0.25, 0.3) is 0 Å². The van der Waals surface area contributed by atoms with Crippen molar-refractivity contribution >= 4 is 5.91 Å². The molecule has 19 heavy (non-hydrogen) atoms. The van der Waals surface area contributed by atoms with Crippen LogP contribution in [0.1, 0.15) is 30.7 Å². The van der Waals surface area contributed by atoms with E-state index in [1.54, 1.807) is 0 Å². The number of carbonyl (C=O) groups is 1. The Morgan fingerprint density at radius 1 is 1.37 bits per heavy atom. The minimum Gasteiger partial charge on any atom is -0.373 e. The van der Waals surface area contributed by atoms with Crippen molar-refractivity contribution in [3.63, 3.8) is 0 Å². The van der Waals surface area contributed by atoms with E-state index in [4.69, 9.17) is 10.5 Å². The topological polar surface area (TPSA) is 64.4 Å². The molecule has 102 valence electrons. The van der Waals surface area contributed by atoms with Gasteiger partial charge in [0.1, 0.15) is 0 Å². The second kappa shape index (κ2) is 5.31. The van der Waals surface area contributed by atoms with E-state index in [-0.39, 0.29) is 24.0 Å². The lowest BCUT2D eigenvalue weighted by molar-refractivity contribution is -0.123. The van der Waals surface area contributed by atoms with Crippen molar-refractivity contribution in [2.45, 2.75) is 43.4 Å². The number of ether oxygens (including phenoxy) is 1. The van der Waals surface area contributed by atoms with Gasteiger partial charge in [-0.2, -0.15) is 0 Å². The van der Waals surface area contributed by atoms with Gasteiger partial charge in [0, 0.05) is 6.54 Å². The van der Waals surface area contributed by atoms with Crippen molar-refractivity contribution in [2.75, 3.05) is 6.54 Å². The average molecular weight is 260 g/mol. The van der Waals surface area contributed by atoms with Crippen LogP contribution in [0.3, 0.4) is 0 Å². The van der Waals surface area contributed by atoms with Crippen LogP contribution in [-0.4, -0.2) is 30.7 Å². The smallest absolute Gasteiger partial charge is 0.229 e. The molecule has 2 fully saturated rings. The molecule has 4 unspecified atom stereocenters. The lowest BCUT2D eigenvalue weighted by atomic mass is 9.93. The normalized spacial score (nSPS) is 30.3. The molecule has 0 saturated carbocycles. The van der Waals surface area contributed by atoms with Crippen LogP contribution >= 0.6 is 0 Å². The predicted octanol–water partition coefficient (Wildman–Crippen LogP) is 1.17. The van der Waals surface area contributed by atoms with E-state index in [9.17, 15) is 4.79 Å². The van der Waals surface area contributed by atoms with E-state index in [0.717, 1.165) is 24.8 Å². The molecule has 3 N–H and O–H groups in total. The summed E-state index contributed by atoms with van der Waals surface area (Å²) in [6.07, 6.45) is 3.71. The number of nitrogens with one attached hydrogen (secondary N) is 1. The first kappa shape index (κ1) is 12.6. The Morgan fingerprint density at radius 2 is 2.16 bits per heavy atom. The fourth-order valence-corrected chi connectivity index (χ4v) is 3.15. The zero-order chi connectivity index (χ0) is 13.2. The number of rotatable bonds is 4. The van der Waals surface area contributed by atoms with E-state index in [0.29, 0.717) is 12.6 Å². The number of carbonyl (C=O) groups excluding carboxylic acids is 1. The first-order valence-corrected chi connectivity index (χ1v) is 6.99. The fraction of sp³-hybridized carbons (Fsp3) is 0.533. The zero-order valence-corrected chi connectivity index (χ0v) is 10.9. The molecule has 2 aliphatic rings. The molecule has 0 aliphatic carbocycles. The number of fused-ring (bicyclic) bond motifs is 2. The van der Waals surface area contributed by atoms with Gasteiger partial charge in [-0.3, -0.25) is 4.79 Å². The van der Waals surface area contributed by atoms with Crippen LogP contribution in [-0.2, 0) is 9.53 Å². The molecule has 2 bridgehead atoms. The van der Waals surface area contributed by atoms with Gasteiger partial charge in [0.15, 0.2) is 0 Å². The highest BCUT2D eigenvalue weighted by molar-refractivity contribution is 5.84. The minimum absolute atomic E-state index is 0.0230. The van der Waals surface area contributed by atoms with E-state index in [1.165, 1.54) is 0 Å². The fourth-order valence-electron chi connectivity index (χ4n) is 3.15. The van der Waals surface area contributed by atoms with Crippen molar-refractivity contribution in [3.8, 4) is 0 Å². The Hall–Kier alpha value is -1.39. The molecule has 2 heterocycles. The first-order chi connectivity index (χ1) is 9.28. The molecule has 0 radical (unpaired) electrons. The lowest BCUT2D eigenvalue weighted by Gasteiger charge is -2.23. The summed E-state index contributed by atoms with van der Waals surface area (Å²) in [5.41, 5.74) is 6.74. The Kier molecular flexibility index (Phi) is 3.53. The molecule has 4 nitrogen and oxygen atoms in total. The number of benzene rings is 1. The Morgan fingerprint density at radius 3 is 2.74 bits per heavy atom. The number of amides is 1. The molecular weight excluding hydrogens is 240 g/mol. The summed E-state index contributed by atoms with van der Waals surface area (Å²) < 4.78 is 5.76. The van der Waals surface area contributed by atoms with Gasteiger partial charge in [-0.05, 0) is 24.8 Å². The molecule has 4 atom stereocenters. The summed E-state index contributed by atoms with van der Waals surface area (Å²) in [4.78, 5) is 12.4. The van der Waals surface area contributed by atoms with E-state index < -0.39 is 0 Å². The van der Waals surface area contributed by atoms with Crippen molar-refractivity contribution in [1.82, 2.24) is 5.32 Å². The van der Waals surface area contributed by atoms with Crippen LogP contribution in [0.4, 0.5) is 0 Å². The largest absolute Gasteiger partial charge is 0.373 e. The zero-order valence-electron chi connectivity index (χ0n) is 10.9. The monoisotopic (exact) mass is 260 g/mol. The molecule has 0 aromatic heterocycles. The van der Waals surface area contributed by atoms with Crippen molar-refractivity contribution in [3.05, 3.63) is 35.9 Å². The molecule has 1 aromatic carbocycles. The number of nitrogens with two attached hydrogens (primary N) is 1. The van der Waals surface area contributed by atoms with Gasteiger partial charge in [0.05, 0.1) is 24.2 Å². The summed E-state index contributed by atoms with van der Waals surface area (Å²) in [6, 6.07) is 9.89. The molecule has 3 rings (SSSR count). The maximum Gasteiger partial charge on any atom is 0.229 e. The van der Waals surface area contributed by atoms with Crippen LogP contribution in [0.5, 0.6) is 0 Å². The SMILES string of the molecule is NCC(C(=O)NC1CC2CCC1O2)c1ccccc1. The summed E-state index contributed by atoms with van der Waals surface area (Å²) in [7, 11) is 0. The van der Waals surface area contributed by atoms with Crippen LogP contribution < -0.4 is 11.1 Å². The Balaban J connectivity index is 1.65. The highest BCUT2D eigenvalue weighted by Gasteiger charge is 2.41. The summed E-state index contributed by atoms with van der Waals surface area (Å²) in [5, 5.41) is 3.12. The van der Waals surface area contributed by atoms with Gasteiger partial charge in [-0.1, -0.05) is 30.3 Å². The van der Waals surface area contributed by atoms with E-state index in [2.05, 4.69) is 5.32 Å². The van der Waals surface area contributed by atoms with Gasteiger partial charge in [-0.25, -0.2) is 0 Å². The number of hydrogen-bond donors (Lipinski definition) is 2. The molecule has 1 aromatic rings. The molecule has 4 heteroatoms. The Bertz CT molecular complexity index is 449. The second-order valence-corrected chi connectivity index (χ2v) is 5.42. The summed E-state index contributed by atoms with van der Waals surface area (Å²) in [6.45, 7) is 0.331. The standard InChI is InChI=1S/C15H20N2O2/c16-9-12(10-4-2-1-3-5-10)15(18)17-13-8-11-6-7-14(13)19-11/h1-5,11-14H,6-9,16H2,(H,17,18). The van der Waals surface area contributed by atoms with Crippen molar-refractivity contribution in [2.24, 2.45) is 5.73 Å². The lowest BCUT2D eigenvalue weighted by Crippen LogP contribution is -2.44. The quantitative estimate of drug-likeness (QED) is 0.854. The third-order valence-corrected chi connectivity index (χ3v) is 4.19. The van der Waals surface area contributed by atoms with Crippen molar-refractivity contribution < 1.29 is 9.53 Å². The van der Waals surface area contributed by atoms with Gasteiger partial charge < -0.3 is 15.8 Å². The van der Waals surface area contributed by atoms with Crippen molar-refractivity contribution in [1.29, 1.82) is 0 Å². The Labute approximate surface area is 113 Å². The highest BCUT2D eigenvalue weighted by Crippen LogP contribution is 2.34. The van der Waals surface area contributed by atoms with Gasteiger partial charge >= 0.3 is 0 Å². The third-order valence-electron chi connectivity index (χ3n) is 4.19. The van der Waals surface area contributed by atoms with Crippen LogP contribution in [0.25, 0.3) is 0 Å². The summed E-state index contributed by atoms with van der Waals surface area (Å²) >= 11 is 0. The molecule has 0 spiro atoms. The molecule has 2 aliphatic heterocycles. The maximum absolute atomic E-state index is 12.4. The molecular formula is C15H20N2O2. The van der Waals surface area contributed by atoms with Crippen LogP contribution in [0, 0.1) is 0 Å². The molecule has 2 saturated heterocycles. The van der Waals surface area contributed by atoms with Gasteiger partial charge in [0.2, 0.25) is 5.91 Å². The minimum atomic E-state index is -0.264. The third kappa shape index (κ3) is 2.51. The highest BCUT2D eigenvalue weighted by atomic mass is 16.5. The van der Waals surface area contributed by atoms with E-state index in [1.807, 2.05) is 30.3 Å². The maximum atomic E-state index is 12.4. The predicted molar refractivity (Wildman–Crippen MR) is 72.7 cm³/mol. The average Bonchev–Trinajstić information content (AvgIpc) is 3.03. The van der Waals surface area contributed by atoms with Crippen LogP contribution in [0.2, 0.25) is 0 Å². The first-order valence-electron chi connectivity index (χ1n) is 6.99. The van der Waals surface area contributed by atoms with E-state index >= 15 is 0 Å².